The van der Waals surface area contributed by atoms with Gasteiger partial charge in [-0.05, 0) is 51.7 Å². The Hall–Kier alpha value is -1.79. The normalized spacial score (nSPS) is 15.4. The van der Waals surface area contributed by atoms with Gasteiger partial charge in [0.25, 0.3) is 0 Å². The number of nitrogens with one attached hydrogen (secondary N) is 1. The molecule has 6 heteroatoms. The van der Waals surface area contributed by atoms with Crippen LogP contribution in [0.4, 0.5) is 4.79 Å². The lowest BCUT2D eigenvalue weighted by atomic mass is 10.1. The van der Waals surface area contributed by atoms with E-state index in [0.29, 0.717) is 6.54 Å². The van der Waals surface area contributed by atoms with Crippen LogP contribution in [0.1, 0.15) is 12.0 Å². The molecule has 2 amide bonds. The fourth-order valence-electron chi connectivity index (χ4n) is 3.11. The average Bonchev–Trinajstić information content (AvgIpc) is 2.62. The number of piperazine rings is 1. The number of hydrogen-bond donors (Lipinski definition) is 1. The Balaban J connectivity index is 1.65. The number of urea groups is 1. The van der Waals surface area contributed by atoms with Crippen LogP contribution in [-0.2, 0) is 6.42 Å². The van der Waals surface area contributed by atoms with Gasteiger partial charge in [-0.25, -0.2) is 4.79 Å². The summed E-state index contributed by atoms with van der Waals surface area (Å²) in [4.78, 5) is 18.9. The number of rotatable bonds is 8. The van der Waals surface area contributed by atoms with E-state index in [4.69, 9.17) is 4.74 Å². The predicted octanol–water partition coefficient (Wildman–Crippen LogP) is 1.52. The van der Waals surface area contributed by atoms with E-state index in [1.807, 2.05) is 29.2 Å². The van der Waals surface area contributed by atoms with Gasteiger partial charge in [-0.1, -0.05) is 18.2 Å². The molecular weight excluding hydrogens is 316 g/mol. The molecule has 1 N–H and O–H groups in total. The number of carbonyl (C=O) groups is 1. The van der Waals surface area contributed by atoms with Crippen molar-refractivity contribution in [3.63, 3.8) is 0 Å². The monoisotopic (exact) mass is 348 g/mol. The summed E-state index contributed by atoms with van der Waals surface area (Å²) in [6.07, 6.45) is 1.96. The summed E-state index contributed by atoms with van der Waals surface area (Å²) in [7, 11) is 5.88. The van der Waals surface area contributed by atoms with Gasteiger partial charge in [-0.2, -0.15) is 0 Å². The number of hydrogen-bond acceptors (Lipinski definition) is 4. The number of amides is 2. The van der Waals surface area contributed by atoms with Gasteiger partial charge < -0.3 is 19.9 Å². The standard InChI is InChI=1S/C19H32N4O2/c1-21(2)11-6-12-22-13-15-23(16-14-22)19(24)20-10-9-17-7-4-5-8-18(17)25-3/h4-5,7-8H,6,9-16H2,1-3H3,(H,20,24). The Morgan fingerprint density at radius 3 is 2.60 bits per heavy atom. The average molecular weight is 348 g/mol. The summed E-state index contributed by atoms with van der Waals surface area (Å²) >= 11 is 0. The minimum Gasteiger partial charge on any atom is -0.496 e. The Bertz CT molecular complexity index is 528. The number of nitrogens with zero attached hydrogens (tertiary/aromatic N) is 3. The molecule has 6 nitrogen and oxygen atoms in total. The largest absolute Gasteiger partial charge is 0.496 e. The first-order chi connectivity index (χ1) is 12.1. The third-order valence-corrected chi connectivity index (χ3v) is 4.60. The van der Waals surface area contributed by atoms with Gasteiger partial charge in [0.1, 0.15) is 5.75 Å². The van der Waals surface area contributed by atoms with Crippen LogP contribution < -0.4 is 10.1 Å². The molecule has 1 fully saturated rings. The smallest absolute Gasteiger partial charge is 0.317 e. The van der Waals surface area contributed by atoms with Crippen LogP contribution in [0.5, 0.6) is 5.75 Å². The molecule has 140 valence electrons. The van der Waals surface area contributed by atoms with Gasteiger partial charge >= 0.3 is 6.03 Å². The molecule has 0 spiro atoms. The zero-order valence-electron chi connectivity index (χ0n) is 15.8. The zero-order chi connectivity index (χ0) is 18.1. The molecule has 2 rings (SSSR count). The van der Waals surface area contributed by atoms with Crippen LogP contribution in [0, 0.1) is 0 Å². The Morgan fingerprint density at radius 2 is 1.92 bits per heavy atom. The maximum atomic E-state index is 12.3. The second-order valence-corrected chi connectivity index (χ2v) is 6.78. The quantitative estimate of drug-likeness (QED) is 0.774. The predicted molar refractivity (Wildman–Crippen MR) is 101 cm³/mol. The van der Waals surface area contributed by atoms with Gasteiger partial charge in [-0.3, -0.25) is 4.90 Å². The summed E-state index contributed by atoms with van der Waals surface area (Å²) in [5.74, 6) is 0.878. The van der Waals surface area contributed by atoms with E-state index in [-0.39, 0.29) is 6.03 Å². The van der Waals surface area contributed by atoms with Crippen LogP contribution in [-0.4, -0.2) is 87.7 Å². The molecule has 25 heavy (non-hydrogen) atoms. The number of ether oxygens (including phenoxy) is 1. The van der Waals surface area contributed by atoms with E-state index in [1.165, 1.54) is 6.42 Å². The van der Waals surface area contributed by atoms with Gasteiger partial charge in [0.2, 0.25) is 0 Å². The second kappa shape index (κ2) is 10.3. The van der Waals surface area contributed by atoms with Crippen molar-refractivity contribution in [2.45, 2.75) is 12.8 Å². The van der Waals surface area contributed by atoms with E-state index in [1.54, 1.807) is 7.11 Å². The Labute approximate surface area is 151 Å². The maximum absolute atomic E-state index is 12.3. The van der Waals surface area contributed by atoms with E-state index in [2.05, 4.69) is 29.2 Å². The lowest BCUT2D eigenvalue weighted by Gasteiger charge is -2.34. The van der Waals surface area contributed by atoms with Crippen LogP contribution >= 0.6 is 0 Å². The lowest BCUT2D eigenvalue weighted by molar-refractivity contribution is 0.136. The van der Waals surface area contributed by atoms with Gasteiger partial charge in [0.05, 0.1) is 7.11 Å². The minimum atomic E-state index is 0.0443. The number of carbonyl (C=O) groups excluding carboxylic acids is 1. The van der Waals surface area contributed by atoms with Gasteiger partial charge in [0.15, 0.2) is 0 Å². The lowest BCUT2D eigenvalue weighted by Crippen LogP contribution is -2.52. The molecule has 1 aliphatic heterocycles. The number of benzene rings is 1. The Kier molecular flexibility index (Phi) is 8.01. The van der Waals surface area contributed by atoms with Crippen LogP contribution in [0.2, 0.25) is 0 Å². The summed E-state index contributed by atoms with van der Waals surface area (Å²) < 4.78 is 5.35. The molecule has 1 heterocycles. The van der Waals surface area contributed by atoms with E-state index in [9.17, 15) is 4.79 Å². The molecule has 0 aromatic heterocycles. The van der Waals surface area contributed by atoms with Crippen LogP contribution in [0.15, 0.2) is 24.3 Å². The fraction of sp³-hybridized carbons (Fsp3) is 0.632. The van der Waals surface area contributed by atoms with Gasteiger partial charge in [-0.15, -0.1) is 0 Å². The number of methoxy groups -OCH3 is 1. The van der Waals surface area contributed by atoms with Crippen molar-refractivity contribution in [3.05, 3.63) is 29.8 Å². The molecule has 0 aliphatic carbocycles. The highest BCUT2D eigenvalue weighted by Crippen LogP contribution is 2.17. The first-order valence-electron chi connectivity index (χ1n) is 9.12. The fourth-order valence-corrected chi connectivity index (χ4v) is 3.11. The van der Waals surface area contributed by atoms with E-state index >= 15 is 0 Å². The minimum absolute atomic E-state index is 0.0443. The molecule has 0 saturated carbocycles. The molecule has 0 radical (unpaired) electrons. The highest BCUT2D eigenvalue weighted by Gasteiger charge is 2.20. The summed E-state index contributed by atoms with van der Waals surface area (Å²) in [5, 5.41) is 3.03. The van der Waals surface area contributed by atoms with Crippen molar-refractivity contribution >= 4 is 6.03 Å². The van der Waals surface area contributed by atoms with Crippen molar-refractivity contribution < 1.29 is 9.53 Å². The molecule has 0 unspecified atom stereocenters. The molecule has 1 aromatic rings. The highest BCUT2D eigenvalue weighted by atomic mass is 16.5. The van der Waals surface area contributed by atoms with Crippen molar-refractivity contribution in [1.82, 2.24) is 20.0 Å². The van der Waals surface area contributed by atoms with Crippen LogP contribution in [0.25, 0.3) is 0 Å². The van der Waals surface area contributed by atoms with E-state index in [0.717, 1.165) is 57.0 Å². The zero-order valence-corrected chi connectivity index (χ0v) is 15.8. The first kappa shape index (κ1) is 19.5. The molecule has 0 bridgehead atoms. The second-order valence-electron chi connectivity index (χ2n) is 6.78. The van der Waals surface area contributed by atoms with Gasteiger partial charge in [0, 0.05) is 32.7 Å². The molecular formula is C19H32N4O2. The first-order valence-corrected chi connectivity index (χ1v) is 9.12. The van der Waals surface area contributed by atoms with Crippen molar-refractivity contribution in [1.29, 1.82) is 0 Å². The van der Waals surface area contributed by atoms with E-state index < -0.39 is 0 Å². The molecule has 1 saturated heterocycles. The van der Waals surface area contributed by atoms with Crippen molar-refractivity contribution in [2.75, 3.05) is 67.0 Å². The third-order valence-electron chi connectivity index (χ3n) is 4.60. The summed E-state index contributed by atoms with van der Waals surface area (Å²) in [5.41, 5.74) is 1.12. The third kappa shape index (κ3) is 6.55. The topological polar surface area (TPSA) is 48.1 Å². The summed E-state index contributed by atoms with van der Waals surface area (Å²) in [6.45, 7) is 6.40. The molecule has 0 atom stereocenters. The number of para-hydroxylation sites is 1. The maximum Gasteiger partial charge on any atom is 0.317 e. The van der Waals surface area contributed by atoms with Crippen molar-refractivity contribution in [2.24, 2.45) is 0 Å². The highest BCUT2D eigenvalue weighted by molar-refractivity contribution is 5.74. The molecule has 1 aliphatic rings. The van der Waals surface area contributed by atoms with Crippen LogP contribution in [0.3, 0.4) is 0 Å². The molecule has 1 aromatic carbocycles. The summed E-state index contributed by atoms with van der Waals surface area (Å²) in [6, 6.07) is 7.99. The van der Waals surface area contributed by atoms with Crippen molar-refractivity contribution in [3.8, 4) is 5.75 Å². The SMILES string of the molecule is COc1ccccc1CCNC(=O)N1CCN(CCCN(C)C)CC1. The Morgan fingerprint density at radius 1 is 1.20 bits per heavy atom.